The second-order valence-corrected chi connectivity index (χ2v) is 7.94. The largest absolute Gasteiger partial charge is 0.497 e. The molecule has 3 aromatic carbocycles. The molecule has 0 saturated carbocycles. The maximum atomic E-state index is 5.58. The van der Waals surface area contributed by atoms with Crippen LogP contribution >= 0.6 is 0 Å². The van der Waals surface area contributed by atoms with Gasteiger partial charge in [-0.15, -0.1) is 0 Å². The van der Waals surface area contributed by atoms with Gasteiger partial charge in [0, 0.05) is 6.07 Å². The van der Waals surface area contributed by atoms with E-state index in [0.29, 0.717) is 17.2 Å². The molecule has 0 amide bonds. The average Bonchev–Trinajstić information content (AvgIpc) is 2.89. The molecule has 182 valence electrons. The fraction of sp³-hybridized carbons (Fsp3) is 0.357. The van der Waals surface area contributed by atoms with Gasteiger partial charge < -0.3 is 28.4 Å². The Morgan fingerprint density at radius 1 is 0.382 bits per heavy atom. The highest BCUT2D eigenvalue weighted by Crippen LogP contribution is 2.38. The zero-order valence-electron chi connectivity index (χ0n) is 20.9. The van der Waals surface area contributed by atoms with Crippen LogP contribution in [0.4, 0.5) is 0 Å². The third kappa shape index (κ3) is 6.28. The second kappa shape index (κ2) is 12.1. The van der Waals surface area contributed by atoms with Crippen LogP contribution in [0.5, 0.6) is 34.5 Å². The van der Waals surface area contributed by atoms with Crippen molar-refractivity contribution in [1.29, 1.82) is 0 Å². The predicted octanol–water partition coefficient (Wildman–Crippen LogP) is 5.31. The predicted molar refractivity (Wildman–Crippen MR) is 133 cm³/mol. The third-order valence-corrected chi connectivity index (χ3v) is 5.80. The minimum absolute atomic E-state index is 0.603. The van der Waals surface area contributed by atoms with Gasteiger partial charge in [-0.1, -0.05) is 6.07 Å². The lowest BCUT2D eigenvalue weighted by Crippen LogP contribution is -2.00. The number of hydrogen-bond donors (Lipinski definition) is 0. The van der Waals surface area contributed by atoms with E-state index >= 15 is 0 Å². The van der Waals surface area contributed by atoms with Crippen molar-refractivity contribution >= 4 is 0 Å². The summed E-state index contributed by atoms with van der Waals surface area (Å²) in [7, 11) is 9.91. The normalized spacial score (nSPS) is 10.5. The van der Waals surface area contributed by atoms with Crippen molar-refractivity contribution in [2.75, 3.05) is 42.7 Å². The van der Waals surface area contributed by atoms with Crippen molar-refractivity contribution in [3.05, 3.63) is 70.8 Å². The van der Waals surface area contributed by atoms with Crippen LogP contribution < -0.4 is 28.4 Å². The van der Waals surface area contributed by atoms with Gasteiger partial charge in [-0.05, 0) is 84.3 Å². The minimum Gasteiger partial charge on any atom is -0.497 e. The van der Waals surface area contributed by atoms with Gasteiger partial charge >= 0.3 is 0 Å². The molecule has 3 rings (SSSR count). The van der Waals surface area contributed by atoms with Gasteiger partial charge in [-0.3, -0.25) is 0 Å². The van der Waals surface area contributed by atoms with E-state index in [9.17, 15) is 0 Å². The number of methoxy groups -OCH3 is 6. The molecular weight excluding hydrogens is 432 g/mol. The highest BCUT2D eigenvalue weighted by molar-refractivity contribution is 5.54. The molecule has 0 saturated heterocycles. The molecule has 3 aromatic rings. The maximum Gasteiger partial charge on any atom is 0.203 e. The molecule has 0 heterocycles. The Bertz CT molecular complexity index is 1040. The highest BCUT2D eigenvalue weighted by Gasteiger charge is 2.13. The van der Waals surface area contributed by atoms with Gasteiger partial charge in [0.2, 0.25) is 5.75 Å². The second-order valence-electron chi connectivity index (χ2n) is 7.94. The SMILES string of the molecule is COc1cc(CCc2cc(OC)cc(OC)c2)cc(CCc2cc(OC)c(OC)c(OC)c2)c1. The average molecular weight is 467 g/mol. The van der Waals surface area contributed by atoms with Crippen molar-refractivity contribution in [2.24, 2.45) is 0 Å². The Balaban J connectivity index is 1.76. The first-order chi connectivity index (χ1) is 16.5. The summed E-state index contributed by atoms with van der Waals surface area (Å²) in [4.78, 5) is 0. The van der Waals surface area contributed by atoms with E-state index < -0.39 is 0 Å². The lowest BCUT2D eigenvalue weighted by Gasteiger charge is -2.14. The molecule has 0 fully saturated rings. The smallest absolute Gasteiger partial charge is 0.203 e. The number of hydrogen-bond acceptors (Lipinski definition) is 6. The summed E-state index contributed by atoms with van der Waals surface area (Å²) in [5.74, 6) is 4.39. The first-order valence-corrected chi connectivity index (χ1v) is 11.2. The van der Waals surface area contributed by atoms with Gasteiger partial charge in [0.1, 0.15) is 17.2 Å². The van der Waals surface area contributed by atoms with Crippen LogP contribution in [-0.4, -0.2) is 42.7 Å². The third-order valence-electron chi connectivity index (χ3n) is 5.80. The molecule has 0 N–H and O–H groups in total. The van der Waals surface area contributed by atoms with E-state index in [1.54, 1.807) is 42.7 Å². The van der Waals surface area contributed by atoms with E-state index in [4.69, 9.17) is 28.4 Å². The molecule has 0 aliphatic rings. The van der Waals surface area contributed by atoms with Crippen LogP contribution in [0, 0.1) is 0 Å². The minimum atomic E-state index is 0.603. The Kier molecular flexibility index (Phi) is 8.91. The molecule has 0 bridgehead atoms. The molecule has 0 spiro atoms. The quantitative estimate of drug-likeness (QED) is 0.361. The van der Waals surface area contributed by atoms with E-state index in [-0.39, 0.29) is 0 Å². The summed E-state index contributed by atoms with van der Waals surface area (Å²) in [5.41, 5.74) is 4.72. The Labute approximate surface area is 202 Å². The zero-order chi connectivity index (χ0) is 24.5. The van der Waals surface area contributed by atoms with Crippen LogP contribution in [0.3, 0.4) is 0 Å². The van der Waals surface area contributed by atoms with E-state index in [1.807, 2.05) is 30.3 Å². The summed E-state index contributed by atoms with van der Waals surface area (Å²) >= 11 is 0. The first kappa shape index (κ1) is 25.1. The van der Waals surface area contributed by atoms with Crippen LogP contribution in [0.1, 0.15) is 22.3 Å². The fourth-order valence-electron chi connectivity index (χ4n) is 4.00. The number of ether oxygens (including phenoxy) is 6. The van der Waals surface area contributed by atoms with Crippen LogP contribution in [0.2, 0.25) is 0 Å². The van der Waals surface area contributed by atoms with E-state index in [0.717, 1.165) is 54.1 Å². The van der Waals surface area contributed by atoms with Crippen LogP contribution in [0.25, 0.3) is 0 Å². The Hall–Kier alpha value is -3.54. The fourth-order valence-corrected chi connectivity index (χ4v) is 4.00. The van der Waals surface area contributed by atoms with Gasteiger partial charge in [0.25, 0.3) is 0 Å². The van der Waals surface area contributed by atoms with Gasteiger partial charge in [-0.25, -0.2) is 0 Å². The van der Waals surface area contributed by atoms with Gasteiger partial charge in [0.05, 0.1) is 42.7 Å². The number of aryl methyl sites for hydroxylation is 4. The highest BCUT2D eigenvalue weighted by atomic mass is 16.5. The molecule has 0 atom stereocenters. The summed E-state index contributed by atoms with van der Waals surface area (Å²) in [6.07, 6.45) is 3.43. The maximum absolute atomic E-state index is 5.58. The molecule has 0 unspecified atom stereocenters. The molecule has 0 radical (unpaired) electrons. The summed E-state index contributed by atoms with van der Waals surface area (Å²) in [5, 5.41) is 0. The molecule has 34 heavy (non-hydrogen) atoms. The Morgan fingerprint density at radius 3 is 1.09 bits per heavy atom. The standard InChI is InChI=1S/C28H34O6/c1-29-23-12-19(7-9-21-14-24(30-2)18-25(15-21)31-3)11-20(13-23)8-10-22-16-26(32-4)28(34-6)27(17-22)33-5/h11-18H,7-10H2,1-6H3. The van der Waals surface area contributed by atoms with Gasteiger partial charge in [-0.2, -0.15) is 0 Å². The Morgan fingerprint density at radius 2 is 0.735 bits per heavy atom. The zero-order valence-corrected chi connectivity index (χ0v) is 20.9. The van der Waals surface area contributed by atoms with Crippen molar-refractivity contribution in [1.82, 2.24) is 0 Å². The molecule has 6 heteroatoms. The van der Waals surface area contributed by atoms with E-state index in [2.05, 4.69) is 18.2 Å². The molecule has 0 aliphatic carbocycles. The topological polar surface area (TPSA) is 55.4 Å². The summed E-state index contributed by atoms with van der Waals surface area (Å²) in [6, 6.07) is 16.4. The van der Waals surface area contributed by atoms with Crippen molar-refractivity contribution < 1.29 is 28.4 Å². The van der Waals surface area contributed by atoms with E-state index in [1.165, 1.54) is 11.1 Å². The molecular formula is C28H34O6. The number of benzene rings is 3. The summed E-state index contributed by atoms with van der Waals surface area (Å²) in [6.45, 7) is 0. The first-order valence-electron chi connectivity index (χ1n) is 11.2. The summed E-state index contributed by atoms with van der Waals surface area (Å²) < 4.78 is 32.8. The lowest BCUT2D eigenvalue weighted by atomic mass is 9.98. The monoisotopic (exact) mass is 466 g/mol. The molecule has 6 nitrogen and oxygen atoms in total. The van der Waals surface area contributed by atoms with Crippen molar-refractivity contribution in [3.63, 3.8) is 0 Å². The molecule has 0 aromatic heterocycles. The molecule has 0 aliphatic heterocycles. The number of rotatable bonds is 12. The van der Waals surface area contributed by atoms with Gasteiger partial charge in [0.15, 0.2) is 11.5 Å². The van der Waals surface area contributed by atoms with Crippen molar-refractivity contribution in [2.45, 2.75) is 25.7 Å². The van der Waals surface area contributed by atoms with Crippen LogP contribution in [0.15, 0.2) is 48.5 Å². The van der Waals surface area contributed by atoms with Crippen LogP contribution in [-0.2, 0) is 25.7 Å². The lowest BCUT2D eigenvalue weighted by molar-refractivity contribution is 0.324. The van der Waals surface area contributed by atoms with Crippen molar-refractivity contribution in [3.8, 4) is 34.5 Å².